The molecule has 178 valence electrons. The molecule has 3 aliphatic rings. The van der Waals surface area contributed by atoms with Crippen molar-refractivity contribution in [3.05, 3.63) is 54.4 Å². The van der Waals surface area contributed by atoms with Crippen molar-refractivity contribution in [2.45, 2.75) is 52.1 Å². The predicted molar refractivity (Wildman–Crippen MR) is 131 cm³/mol. The molecular formula is C23H28N8O2S. The van der Waals surface area contributed by atoms with Crippen LogP contribution in [0.5, 0.6) is 0 Å². The highest BCUT2D eigenvalue weighted by Gasteiger charge is 2.35. The molecule has 3 aromatic heterocycles. The molecule has 34 heavy (non-hydrogen) atoms. The molecule has 5 heterocycles. The Kier molecular flexibility index (Phi) is 4.98. The van der Waals surface area contributed by atoms with Crippen LogP contribution in [0.1, 0.15) is 49.0 Å². The first-order chi connectivity index (χ1) is 16.4. The Morgan fingerprint density at radius 2 is 2.00 bits per heavy atom. The number of nitrogens with one attached hydrogen (secondary N) is 1. The van der Waals surface area contributed by atoms with Gasteiger partial charge >= 0.3 is 5.69 Å². The zero-order chi connectivity index (χ0) is 23.6. The predicted octanol–water partition coefficient (Wildman–Crippen LogP) is 1.91. The van der Waals surface area contributed by atoms with E-state index in [2.05, 4.69) is 26.5 Å². The van der Waals surface area contributed by atoms with Crippen LogP contribution in [0.15, 0.2) is 33.1 Å². The number of aryl methyl sites for hydroxylation is 1. The summed E-state index contributed by atoms with van der Waals surface area (Å²) < 4.78 is 4.71. The second-order valence-corrected chi connectivity index (χ2v) is 10.7. The van der Waals surface area contributed by atoms with Gasteiger partial charge in [-0.2, -0.15) is 4.98 Å². The van der Waals surface area contributed by atoms with E-state index in [1.54, 1.807) is 7.05 Å². The van der Waals surface area contributed by atoms with E-state index in [4.69, 9.17) is 4.98 Å². The van der Waals surface area contributed by atoms with Gasteiger partial charge in [0.05, 0.1) is 6.54 Å². The van der Waals surface area contributed by atoms with E-state index >= 15 is 0 Å². The summed E-state index contributed by atoms with van der Waals surface area (Å²) in [6, 6.07) is 0. The summed E-state index contributed by atoms with van der Waals surface area (Å²) in [6.07, 6.45) is 7.44. The van der Waals surface area contributed by atoms with Crippen LogP contribution in [0.2, 0.25) is 0 Å². The molecule has 0 bridgehead atoms. The van der Waals surface area contributed by atoms with Crippen molar-refractivity contribution in [3.8, 4) is 0 Å². The van der Waals surface area contributed by atoms with Crippen LogP contribution in [0.25, 0.3) is 11.2 Å². The summed E-state index contributed by atoms with van der Waals surface area (Å²) in [5.74, 6) is 1.65. The van der Waals surface area contributed by atoms with Crippen molar-refractivity contribution in [1.29, 1.82) is 0 Å². The maximum Gasteiger partial charge on any atom is 0.332 e. The Hall–Kier alpha value is -3.21. The Bertz CT molecular complexity index is 1460. The zero-order valence-corrected chi connectivity index (χ0v) is 20.4. The fourth-order valence-electron chi connectivity index (χ4n) is 4.82. The van der Waals surface area contributed by atoms with E-state index in [1.807, 2.05) is 24.6 Å². The largest absolute Gasteiger partial charge is 0.389 e. The fourth-order valence-corrected chi connectivity index (χ4v) is 5.82. The lowest BCUT2D eigenvalue weighted by molar-refractivity contribution is 0.647. The molecule has 1 atom stereocenters. The van der Waals surface area contributed by atoms with Crippen LogP contribution in [0.3, 0.4) is 0 Å². The Balaban J connectivity index is 1.51. The molecule has 3 aromatic rings. The van der Waals surface area contributed by atoms with E-state index < -0.39 is 0 Å². The minimum Gasteiger partial charge on any atom is -0.389 e. The number of fused-ring (bicyclic) bond motifs is 2. The summed E-state index contributed by atoms with van der Waals surface area (Å²) in [4.78, 5) is 34.0. The summed E-state index contributed by atoms with van der Waals surface area (Å²) in [5, 5.41) is 13.5. The molecule has 1 N–H and O–H groups in total. The van der Waals surface area contributed by atoms with Gasteiger partial charge in [-0.25, -0.2) is 4.79 Å². The molecule has 2 fully saturated rings. The molecule has 0 spiro atoms. The first-order valence-electron chi connectivity index (χ1n) is 11.8. The number of hydrogen-bond acceptors (Lipinski definition) is 8. The summed E-state index contributed by atoms with van der Waals surface area (Å²) in [7, 11) is 1.68. The molecule has 1 unspecified atom stereocenters. The molecule has 0 aromatic carbocycles. The molecule has 11 heteroatoms. The normalized spacial score (nSPS) is 19.4. The van der Waals surface area contributed by atoms with Gasteiger partial charge in [-0.15, -0.1) is 10.2 Å². The molecule has 1 saturated heterocycles. The fraction of sp³-hybridized carbons (Fsp3) is 0.522. The van der Waals surface area contributed by atoms with Gasteiger partial charge in [-0.3, -0.25) is 13.9 Å². The molecule has 1 aliphatic carbocycles. The molecule has 0 amide bonds. The Labute approximate surface area is 200 Å². The Morgan fingerprint density at radius 3 is 2.76 bits per heavy atom. The highest BCUT2D eigenvalue weighted by Crippen LogP contribution is 2.41. The number of aromatic nitrogens is 6. The van der Waals surface area contributed by atoms with E-state index in [9.17, 15) is 9.59 Å². The molecule has 2 aliphatic heterocycles. The molecule has 6 rings (SSSR count). The van der Waals surface area contributed by atoms with Gasteiger partial charge in [-0.1, -0.05) is 23.0 Å². The van der Waals surface area contributed by atoms with E-state index in [0.717, 1.165) is 42.9 Å². The summed E-state index contributed by atoms with van der Waals surface area (Å²) >= 11 is 1.50. The third-order valence-corrected chi connectivity index (χ3v) is 7.95. The van der Waals surface area contributed by atoms with Gasteiger partial charge in [-0.05, 0) is 33.1 Å². The number of anilines is 1. The first-order valence-corrected chi connectivity index (χ1v) is 12.6. The number of allylic oxidation sites excluding steroid dienone is 2. The average molecular weight is 481 g/mol. The second kappa shape index (κ2) is 7.93. The van der Waals surface area contributed by atoms with Crippen molar-refractivity contribution in [3.63, 3.8) is 0 Å². The van der Waals surface area contributed by atoms with Crippen molar-refractivity contribution in [2.24, 2.45) is 13.0 Å². The smallest absolute Gasteiger partial charge is 0.332 e. The topological polar surface area (TPSA) is 103 Å². The lowest BCUT2D eigenvalue weighted by Gasteiger charge is -2.19. The maximum atomic E-state index is 13.8. The van der Waals surface area contributed by atoms with Gasteiger partial charge in [0.25, 0.3) is 5.56 Å². The van der Waals surface area contributed by atoms with Gasteiger partial charge in [0.1, 0.15) is 10.0 Å². The van der Waals surface area contributed by atoms with Crippen molar-refractivity contribution in [1.82, 2.24) is 34.2 Å². The minimum atomic E-state index is -0.389. The molecule has 1 saturated carbocycles. The third kappa shape index (κ3) is 3.41. The monoisotopic (exact) mass is 480 g/mol. The molecular weight excluding hydrogens is 452 g/mol. The van der Waals surface area contributed by atoms with Crippen molar-refractivity contribution in [2.75, 3.05) is 18.0 Å². The SMILES string of the molecule is CC(C)=CCn1c(N2CCC3CNC=C32)nc2c1c(=O)n(Cc1nnc(C3CC3)s1)c(=O)n2C. The standard InChI is InChI=1S/C23H28N8O2S/c1-13(2)6-8-30-18-19(25-22(30)29-9-7-15-10-24-11-16(15)29)28(3)23(33)31(21(18)32)12-17-26-27-20(34-17)14-4-5-14/h6,11,14-15,24H,4-5,7-10,12H2,1-3H3. The molecule has 10 nitrogen and oxygen atoms in total. The van der Waals surface area contributed by atoms with Crippen LogP contribution in [0, 0.1) is 5.92 Å². The zero-order valence-electron chi connectivity index (χ0n) is 19.6. The van der Waals surface area contributed by atoms with Crippen LogP contribution < -0.4 is 21.5 Å². The number of imidazole rings is 1. The lowest BCUT2D eigenvalue weighted by Crippen LogP contribution is -2.40. The van der Waals surface area contributed by atoms with E-state index in [1.165, 1.54) is 26.2 Å². The van der Waals surface area contributed by atoms with Gasteiger partial charge in [0, 0.05) is 50.4 Å². The lowest BCUT2D eigenvalue weighted by atomic mass is 10.1. The summed E-state index contributed by atoms with van der Waals surface area (Å²) in [5.41, 5.74) is 2.48. The number of rotatable bonds is 6. The second-order valence-electron chi connectivity index (χ2n) is 9.63. The van der Waals surface area contributed by atoms with Gasteiger partial charge < -0.3 is 14.8 Å². The number of nitrogens with zero attached hydrogens (tertiary/aromatic N) is 7. The molecule has 0 radical (unpaired) electrons. The van der Waals surface area contributed by atoms with Crippen LogP contribution >= 0.6 is 11.3 Å². The summed E-state index contributed by atoms with van der Waals surface area (Å²) in [6.45, 7) is 6.47. The van der Waals surface area contributed by atoms with Crippen LogP contribution in [-0.2, 0) is 20.1 Å². The van der Waals surface area contributed by atoms with E-state index in [-0.39, 0.29) is 17.8 Å². The third-order valence-electron chi connectivity index (χ3n) is 6.88. The van der Waals surface area contributed by atoms with Crippen molar-refractivity contribution >= 4 is 28.4 Å². The van der Waals surface area contributed by atoms with Gasteiger partial charge in [0.15, 0.2) is 11.2 Å². The van der Waals surface area contributed by atoms with Crippen LogP contribution in [0.4, 0.5) is 5.95 Å². The first kappa shape index (κ1) is 21.3. The number of hydrogen-bond donors (Lipinski definition) is 1. The average Bonchev–Trinajstić information content (AvgIpc) is 3.17. The highest BCUT2D eigenvalue weighted by atomic mass is 32.1. The van der Waals surface area contributed by atoms with Crippen molar-refractivity contribution < 1.29 is 0 Å². The van der Waals surface area contributed by atoms with Crippen LogP contribution in [-0.4, -0.2) is 42.0 Å². The van der Waals surface area contributed by atoms with E-state index in [0.29, 0.717) is 40.5 Å². The highest BCUT2D eigenvalue weighted by molar-refractivity contribution is 7.11. The maximum absolute atomic E-state index is 13.8. The quantitative estimate of drug-likeness (QED) is 0.538. The minimum absolute atomic E-state index is 0.121. The van der Waals surface area contributed by atoms with Gasteiger partial charge in [0.2, 0.25) is 5.95 Å². The Morgan fingerprint density at radius 1 is 1.18 bits per heavy atom.